The second-order valence-corrected chi connectivity index (χ2v) is 11.1. The highest BCUT2D eigenvalue weighted by molar-refractivity contribution is 7.16. The van der Waals surface area contributed by atoms with Gasteiger partial charge in [0.1, 0.15) is 5.69 Å². The van der Waals surface area contributed by atoms with E-state index < -0.39 is 17.7 Å². The van der Waals surface area contributed by atoms with Gasteiger partial charge in [-0.3, -0.25) is 10.1 Å². The highest BCUT2D eigenvalue weighted by atomic mass is 35.5. The molecule has 0 fully saturated rings. The largest absolute Gasteiger partial charge is 0.479 e. The number of thiazole rings is 1. The molecule has 35 heavy (non-hydrogen) atoms. The molecule has 1 aliphatic carbocycles. The lowest BCUT2D eigenvalue weighted by Crippen LogP contribution is -2.29. The summed E-state index contributed by atoms with van der Waals surface area (Å²) in [5, 5.41) is 14.1. The van der Waals surface area contributed by atoms with Gasteiger partial charge in [-0.25, -0.2) is 14.8 Å². The zero-order chi connectivity index (χ0) is 25.5. The molecule has 0 aliphatic heterocycles. The van der Waals surface area contributed by atoms with Gasteiger partial charge in [0.15, 0.2) is 11.2 Å². The highest BCUT2D eigenvalue weighted by Gasteiger charge is 2.33. The van der Waals surface area contributed by atoms with Gasteiger partial charge in [-0.1, -0.05) is 23.7 Å². The number of pyridine rings is 1. The summed E-state index contributed by atoms with van der Waals surface area (Å²) in [7, 11) is 0. The van der Waals surface area contributed by atoms with Crippen LogP contribution in [0.3, 0.4) is 0 Å². The van der Waals surface area contributed by atoms with Gasteiger partial charge in [0.25, 0.3) is 5.91 Å². The average molecular weight is 514 g/mol. The maximum atomic E-state index is 13.3. The molecule has 2 aromatic heterocycles. The van der Waals surface area contributed by atoms with Crippen molar-refractivity contribution in [3.63, 3.8) is 0 Å². The molecule has 184 valence electrons. The second-order valence-electron chi connectivity index (χ2n) is 9.61. The Kier molecular flexibility index (Phi) is 6.99. The van der Waals surface area contributed by atoms with E-state index >= 15 is 0 Å². The number of carbonyl (C=O) groups is 2. The van der Waals surface area contributed by atoms with Gasteiger partial charge < -0.3 is 9.84 Å². The Morgan fingerprint density at radius 3 is 2.43 bits per heavy atom. The summed E-state index contributed by atoms with van der Waals surface area (Å²) < 4.78 is 5.96. The third kappa shape index (κ3) is 5.39. The summed E-state index contributed by atoms with van der Waals surface area (Å²) in [6, 6.07) is 7.06. The molecule has 1 atom stereocenters. The number of nitrogens with zero attached hydrogens (tertiary/aromatic N) is 2. The van der Waals surface area contributed by atoms with E-state index in [4.69, 9.17) is 16.3 Å². The standard InChI is InChI=1S/C26H28ClN3O4S/c1-13-19(15-9-11-16(27)12-10-15)20(22(24(32)33)34-26(3,4)5)14(2)28-21(13)23(31)30-25-29-17-7-6-8-18(17)35-25/h9-12,22H,6-8H2,1-5H3,(H,32,33)(H,29,30,31)/t22-/m0/s1. The minimum Gasteiger partial charge on any atom is -0.479 e. The fourth-order valence-electron chi connectivity index (χ4n) is 4.33. The van der Waals surface area contributed by atoms with Crippen molar-refractivity contribution in [2.75, 3.05) is 5.32 Å². The van der Waals surface area contributed by atoms with Crippen LogP contribution in [0.2, 0.25) is 5.02 Å². The third-order valence-electron chi connectivity index (χ3n) is 5.79. The van der Waals surface area contributed by atoms with Crippen molar-refractivity contribution in [2.45, 2.75) is 65.6 Å². The van der Waals surface area contributed by atoms with Gasteiger partial charge in [-0.15, -0.1) is 11.3 Å². The van der Waals surface area contributed by atoms with Crippen molar-refractivity contribution in [2.24, 2.45) is 0 Å². The lowest BCUT2D eigenvalue weighted by atomic mass is 9.89. The number of carboxylic acids is 1. The lowest BCUT2D eigenvalue weighted by molar-refractivity contribution is -0.160. The van der Waals surface area contributed by atoms with Crippen molar-refractivity contribution >= 4 is 39.9 Å². The van der Waals surface area contributed by atoms with Crippen LogP contribution in [0.15, 0.2) is 24.3 Å². The number of halogens is 1. The molecule has 1 amide bonds. The van der Waals surface area contributed by atoms with Crippen LogP contribution in [0.1, 0.15) is 71.2 Å². The molecular weight excluding hydrogens is 486 g/mol. The number of benzene rings is 1. The number of ether oxygens (including phenoxy) is 1. The summed E-state index contributed by atoms with van der Waals surface area (Å²) in [4.78, 5) is 36.0. The smallest absolute Gasteiger partial charge is 0.337 e. The Morgan fingerprint density at radius 1 is 1.14 bits per heavy atom. The minimum atomic E-state index is -1.27. The molecule has 0 saturated carbocycles. The minimum absolute atomic E-state index is 0.214. The monoisotopic (exact) mass is 513 g/mol. The van der Waals surface area contributed by atoms with Crippen LogP contribution in [0.5, 0.6) is 0 Å². The second kappa shape index (κ2) is 9.68. The van der Waals surface area contributed by atoms with E-state index in [0.717, 1.165) is 30.5 Å². The molecule has 0 saturated heterocycles. The lowest BCUT2D eigenvalue weighted by Gasteiger charge is -2.28. The number of carbonyl (C=O) groups excluding carboxylic acids is 1. The zero-order valence-corrected chi connectivity index (χ0v) is 21.9. The molecule has 0 unspecified atom stereocenters. The zero-order valence-electron chi connectivity index (χ0n) is 20.4. The van der Waals surface area contributed by atoms with Crippen LogP contribution in [0.4, 0.5) is 5.13 Å². The van der Waals surface area contributed by atoms with E-state index in [9.17, 15) is 14.7 Å². The number of anilines is 1. The third-order valence-corrected chi connectivity index (χ3v) is 7.12. The number of rotatable bonds is 6. The number of hydrogen-bond donors (Lipinski definition) is 2. The topological polar surface area (TPSA) is 101 Å². The van der Waals surface area contributed by atoms with E-state index in [2.05, 4.69) is 15.3 Å². The Bertz CT molecular complexity index is 1270. The number of hydrogen-bond acceptors (Lipinski definition) is 6. The SMILES string of the molecule is Cc1nc(C(=O)Nc2nc3c(s2)CCC3)c(C)c(-c2ccc(Cl)cc2)c1[C@H](OC(C)(C)C)C(=O)O. The first-order chi connectivity index (χ1) is 16.4. The van der Waals surface area contributed by atoms with Gasteiger partial charge in [0.05, 0.1) is 11.3 Å². The van der Waals surface area contributed by atoms with Crippen LogP contribution in [-0.4, -0.2) is 32.6 Å². The fourth-order valence-corrected chi connectivity index (χ4v) is 5.50. The number of nitrogens with one attached hydrogen (secondary N) is 1. The maximum absolute atomic E-state index is 13.3. The van der Waals surface area contributed by atoms with Gasteiger partial charge in [0, 0.05) is 21.2 Å². The molecule has 9 heteroatoms. The normalized spacial score (nSPS) is 14.0. The number of carboxylic acid groups (broad SMARTS) is 1. The molecule has 2 N–H and O–H groups in total. The molecule has 4 rings (SSSR count). The fraction of sp³-hybridized carbons (Fsp3) is 0.385. The predicted octanol–water partition coefficient (Wildman–Crippen LogP) is 6.16. The predicted molar refractivity (Wildman–Crippen MR) is 137 cm³/mol. The summed E-state index contributed by atoms with van der Waals surface area (Å²) in [6.45, 7) is 8.87. The summed E-state index contributed by atoms with van der Waals surface area (Å²) in [5.74, 6) is -1.52. The molecule has 1 aromatic carbocycles. The van der Waals surface area contributed by atoms with Crippen LogP contribution >= 0.6 is 22.9 Å². The molecule has 0 spiro atoms. The first-order valence-corrected chi connectivity index (χ1v) is 12.6. The average Bonchev–Trinajstić information content (AvgIpc) is 3.35. The van der Waals surface area contributed by atoms with E-state index in [-0.39, 0.29) is 11.6 Å². The number of amides is 1. The molecule has 3 aromatic rings. The van der Waals surface area contributed by atoms with Crippen LogP contribution < -0.4 is 5.32 Å². The molecule has 7 nitrogen and oxygen atoms in total. The number of aromatic nitrogens is 2. The first kappa shape index (κ1) is 25.3. The van der Waals surface area contributed by atoms with Crippen molar-refractivity contribution in [3.8, 4) is 11.1 Å². The first-order valence-electron chi connectivity index (χ1n) is 11.4. The molecule has 1 aliphatic rings. The van der Waals surface area contributed by atoms with E-state index in [1.807, 2.05) is 0 Å². The Balaban J connectivity index is 1.84. The van der Waals surface area contributed by atoms with E-state index in [1.54, 1.807) is 58.9 Å². The van der Waals surface area contributed by atoms with Crippen LogP contribution in [0.25, 0.3) is 11.1 Å². The Labute approximate surface area is 213 Å². The summed E-state index contributed by atoms with van der Waals surface area (Å²) in [6.07, 6.45) is 1.73. The van der Waals surface area contributed by atoms with Gasteiger partial charge in [-0.05, 0) is 82.7 Å². The Hall–Kier alpha value is -2.81. The van der Waals surface area contributed by atoms with E-state index in [0.29, 0.717) is 32.5 Å². The molecular formula is C26H28ClN3O4S. The van der Waals surface area contributed by atoms with Crippen LogP contribution in [-0.2, 0) is 22.4 Å². The van der Waals surface area contributed by atoms with Gasteiger partial charge >= 0.3 is 5.97 Å². The number of aliphatic carboxylic acids is 1. The maximum Gasteiger partial charge on any atom is 0.337 e. The quantitative estimate of drug-likeness (QED) is 0.409. The van der Waals surface area contributed by atoms with Crippen molar-refractivity contribution in [3.05, 3.63) is 62.4 Å². The highest BCUT2D eigenvalue weighted by Crippen LogP contribution is 2.39. The molecule has 2 heterocycles. The molecule has 0 bridgehead atoms. The van der Waals surface area contributed by atoms with Crippen LogP contribution in [0, 0.1) is 13.8 Å². The number of fused-ring (bicyclic) bond motifs is 1. The van der Waals surface area contributed by atoms with Crippen molar-refractivity contribution < 1.29 is 19.4 Å². The van der Waals surface area contributed by atoms with E-state index in [1.165, 1.54) is 16.2 Å². The van der Waals surface area contributed by atoms with Crippen molar-refractivity contribution in [1.82, 2.24) is 9.97 Å². The summed E-state index contributed by atoms with van der Waals surface area (Å²) >= 11 is 7.60. The summed E-state index contributed by atoms with van der Waals surface area (Å²) in [5.41, 5.74) is 3.23. The van der Waals surface area contributed by atoms with Gasteiger partial charge in [-0.2, -0.15) is 0 Å². The van der Waals surface area contributed by atoms with Gasteiger partial charge in [0.2, 0.25) is 0 Å². The van der Waals surface area contributed by atoms with Crippen molar-refractivity contribution in [1.29, 1.82) is 0 Å². The molecule has 0 radical (unpaired) electrons. The number of aryl methyl sites for hydroxylation is 3. The Morgan fingerprint density at radius 2 is 1.83 bits per heavy atom.